The molecule has 0 spiro atoms. The lowest BCUT2D eigenvalue weighted by molar-refractivity contribution is -0.313. The third-order valence-electron chi connectivity index (χ3n) is 16.7. The molecule has 1 aliphatic heterocycles. The van der Waals surface area contributed by atoms with Crippen molar-refractivity contribution in [1.82, 2.24) is 0 Å². The highest BCUT2D eigenvalue weighted by molar-refractivity contribution is 5.69. The highest BCUT2D eigenvalue weighted by Crippen LogP contribution is 2.67. The summed E-state index contributed by atoms with van der Waals surface area (Å²) in [6.45, 7) is 14.4. The predicted octanol–water partition coefficient (Wildman–Crippen LogP) is 12.9. The van der Waals surface area contributed by atoms with Crippen LogP contribution in [0.1, 0.15) is 202 Å². The molecule has 354 valence electrons. The van der Waals surface area contributed by atoms with Crippen molar-refractivity contribution < 1.29 is 34.3 Å². The lowest BCUT2D eigenvalue weighted by Crippen LogP contribution is -2.60. The number of esters is 1. The Hall–Kier alpha value is -1.77. The molecule has 0 radical (unpaired) electrons. The minimum atomic E-state index is -1.45. The highest BCUT2D eigenvalue weighted by Gasteiger charge is 2.59. The summed E-state index contributed by atoms with van der Waals surface area (Å²) in [5.41, 5.74) is 2.13. The van der Waals surface area contributed by atoms with E-state index in [9.17, 15) is 20.1 Å². The lowest BCUT2D eigenvalue weighted by atomic mass is 9.47. The summed E-state index contributed by atoms with van der Waals surface area (Å²) in [7, 11) is 0. The van der Waals surface area contributed by atoms with Gasteiger partial charge >= 0.3 is 5.97 Å². The van der Waals surface area contributed by atoms with E-state index in [2.05, 4.69) is 84.1 Å². The van der Waals surface area contributed by atoms with E-state index in [0.717, 1.165) is 93.8 Å². The monoisotopic (exact) mass is 865 g/mol. The molecule has 1 heterocycles. The Morgan fingerprint density at radius 2 is 1.45 bits per heavy atom. The maximum Gasteiger partial charge on any atom is 0.305 e. The highest BCUT2D eigenvalue weighted by atomic mass is 16.7. The molecular formula is C55H92O7. The maximum absolute atomic E-state index is 12.6. The Kier molecular flexibility index (Phi) is 21.3. The molecule has 7 heteroatoms. The number of unbranched alkanes of at least 4 members (excludes halogenated alkanes) is 9. The van der Waals surface area contributed by atoms with Gasteiger partial charge in [0.05, 0.1) is 6.10 Å². The normalized spacial score (nSPS) is 35.4. The zero-order chi connectivity index (χ0) is 44.5. The van der Waals surface area contributed by atoms with Crippen molar-refractivity contribution in [2.24, 2.45) is 46.3 Å². The molecule has 0 aromatic carbocycles. The molecule has 3 saturated carbocycles. The number of rotatable bonds is 26. The Morgan fingerprint density at radius 1 is 0.774 bits per heavy atom. The fourth-order valence-corrected chi connectivity index (χ4v) is 13.0. The van der Waals surface area contributed by atoms with Crippen molar-refractivity contribution in [2.75, 3.05) is 6.61 Å². The van der Waals surface area contributed by atoms with Crippen molar-refractivity contribution in [3.8, 4) is 0 Å². The van der Waals surface area contributed by atoms with Crippen molar-refractivity contribution >= 4 is 5.97 Å². The van der Waals surface area contributed by atoms with Crippen LogP contribution in [-0.2, 0) is 19.0 Å². The first-order valence-electron chi connectivity index (χ1n) is 26.0. The molecule has 5 rings (SSSR count). The molecule has 5 aliphatic rings. The van der Waals surface area contributed by atoms with Crippen LogP contribution in [-0.4, -0.2) is 64.7 Å². The molecule has 0 aromatic heterocycles. The van der Waals surface area contributed by atoms with Gasteiger partial charge in [0.25, 0.3) is 0 Å². The van der Waals surface area contributed by atoms with Crippen molar-refractivity contribution in [2.45, 2.75) is 239 Å². The molecule has 13 atom stereocenters. The van der Waals surface area contributed by atoms with E-state index in [4.69, 9.17) is 14.2 Å². The zero-order valence-electron chi connectivity index (χ0n) is 40.3. The topological polar surface area (TPSA) is 105 Å². The van der Waals surface area contributed by atoms with E-state index < -0.39 is 30.7 Å². The fraction of sp³-hybridized carbons (Fsp3) is 0.836. The zero-order valence-corrected chi connectivity index (χ0v) is 40.3. The number of carbonyl (C=O) groups excluding carboxylic acids is 1. The second-order valence-corrected chi connectivity index (χ2v) is 21.5. The molecule has 0 amide bonds. The number of hydrogen-bond acceptors (Lipinski definition) is 7. The van der Waals surface area contributed by atoms with Gasteiger partial charge in [-0.15, -0.1) is 0 Å². The Morgan fingerprint density at radius 3 is 2.16 bits per heavy atom. The maximum atomic E-state index is 12.6. The third kappa shape index (κ3) is 14.1. The van der Waals surface area contributed by atoms with E-state index in [1.165, 1.54) is 95.5 Å². The first-order valence-corrected chi connectivity index (χ1v) is 26.0. The smallest absolute Gasteiger partial charge is 0.305 e. The molecular weight excluding hydrogens is 773 g/mol. The minimum absolute atomic E-state index is 0.143. The number of hydrogen-bond donors (Lipinski definition) is 3. The van der Waals surface area contributed by atoms with Gasteiger partial charge in [-0.2, -0.15) is 0 Å². The van der Waals surface area contributed by atoms with Gasteiger partial charge < -0.3 is 29.5 Å². The number of ether oxygens (including phenoxy) is 3. The SMILES string of the molecule is CC/C=C\C/C=C\C/C=C\CCCCCCCCCCCC(=O)OCC1O[C@@H](O[C@H]2CC[C@@]3(C)C(=CC[C@H]4[C@@H]5CC[C@H]([C@H](C)CCCC(C)C)[C@@]5(C)CC[C@@H]43)C2)C(O)C(O)[C@@H]1O. The molecule has 3 N–H and O–H groups in total. The van der Waals surface area contributed by atoms with E-state index >= 15 is 0 Å². The van der Waals surface area contributed by atoms with Gasteiger partial charge in [0.1, 0.15) is 31.0 Å². The number of fused-ring (bicyclic) bond motifs is 5. The Labute approximate surface area is 379 Å². The summed E-state index contributed by atoms with van der Waals surface area (Å²) in [6, 6.07) is 0. The summed E-state index contributed by atoms with van der Waals surface area (Å²) in [6.07, 6.45) is 38.1. The molecule has 7 nitrogen and oxygen atoms in total. The number of aliphatic hydroxyl groups is 3. The van der Waals surface area contributed by atoms with E-state index in [1.54, 1.807) is 0 Å². The van der Waals surface area contributed by atoms with Crippen LogP contribution in [0.25, 0.3) is 0 Å². The first kappa shape index (κ1) is 51.2. The van der Waals surface area contributed by atoms with Gasteiger partial charge in [-0.25, -0.2) is 0 Å². The molecule has 4 fully saturated rings. The Bertz CT molecular complexity index is 1430. The van der Waals surface area contributed by atoms with Crippen LogP contribution in [0.15, 0.2) is 48.1 Å². The van der Waals surface area contributed by atoms with Crippen LogP contribution in [0.2, 0.25) is 0 Å². The summed E-state index contributed by atoms with van der Waals surface area (Å²) in [5.74, 6) is 4.42. The number of aliphatic hydroxyl groups excluding tert-OH is 3. The second kappa shape index (κ2) is 25.8. The fourth-order valence-electron chi connectivity index (χ4n) is 13.0. The Balaban J connectivity index is 0.963. The standard InChI is InChI=1S/C55H92O7/c1-7-8-9-10-11-12-13-14-15-16-17-18-19-20-21-22-23-24-25-29-49(56)60-39-48-50(57)51(58)52(59)53(62-48)61-43-34-36-54(5)42(38-43)30-31-44-46-33-32-45(41(4)28-26-27-40(2)3)55(46,6)37-35-47(44)54/h8-9,11-12,14-15,30,40-41,43-48,50-53,57-59H,7,10,13,16-29,31-39H2,1-6H3/b9-8-,12-11-,15-14-/t41-,43+,44+,45-,46+,47+,48?,50-,51?,52?,53-,54+,55-/m1/s1. The molecule has 4 aliphatic carbocycles. The largest absolute Gasteiger partial charge is 0.463 e. The van der Waals surface area contributed by atoms with E-state index in [0.29, 0.717) is 17.8 Å². The predicted molar refractivity (Wildman–Crippen MR) is 253 cm³/mol. The summed E-state index contributed by atoms with van der Waals surface area (Å²) >= 11 is 0. The molecule has 1 saturated heterocycles. The summed E-state index contributed by atoms with van der Waals surface area (Å²) in [4.78, 5) is 12.6. The molecule has 0 bridgehead atoms. The van der Waals surface area contributed by atoms with Crippen molar-refractivity contribution in [3.63, 3.8) is 0 Å². The van der Waals surface area contributed by atoms with E-state index in [1.807, 2.05) is 0 Å². The average Bonchev–Trinajstić information content (AvgIpc) is 3.61. The van der Waals surface area contributed by atoms with Gasteiger partial charge in [0.2, 0.25) is 0 Å². The van der Waals surface area contributed by atoms with Crippen LogP contribution in [0.5, 0.6) is 0 Å². The van der Waals surface area contributed by atoms with E-state index in [-0.39, 0.29) is 24.1 Å². The second-order valence-electron chi connectivity index (χ2n) is 21.5. The summed E-state index contributed by atoms with van der Waals surface area (Å²) < 4.78 is 18.0. The quantitative estimate of drug-likeness (QED) is 0.0452. The number of allylic oxidation sites excluding steroid dienone is 7. The van der Waals surface area contributed by atoms with Crippen molar-refractivity contribution in [3.05, 3.63) is 48.1 Å². The van der Waals surface area contributed by atoms with Gasteiger partial charge in [-0.1, -0.05) is 154 Å². The molecule has 3 unspecified atom stereocenters. The van der Waals surface area contributed by atoms with Gasteiger partial charge in [-0.3, -0.25) is 4.79 Å². The first-order chi connectivity index (χ1) is 29.9. The summed E-state index contributed by atoms with van der Waals surface area (Å²) in [5, 5.41) is 32.5. The number of carbonyl (C=O) groups is 1. The lowest BCUT2D eigenvalue weighted by Gasteiger charge is -2.58. The van der Waals surface area contributed by atoms with Crippen LogP contribution >= 0.6 is 0 Å². The molecule has 62 heavy (non-hydrogen) atoms. The van der Waals surface area contributed by atoms with Crippen LogP contribution in [0.3, 0.4) is 0 Å². The van der Waals surface area contributed by atoms with Gasteiger partial charge in [0.15, 0.2) is 6.29 Å². The molecule has 0 aromatic rings. The van der Waals surface area contributed by atoms with Gasteiger partial charge in [0, 0.05) is 6.42 Å². The average molecular weight is 865 g/mol. The van der Waals surface area contributed by atoms with Gasteiger partial charge in [-0.05, 0) is 136 Å². The van der Waals surface area contributed by atoms with Crippen LogP contribution in [0, 0.1) is 46.3 Å². The minimum Gasteiger partial charge on any atom is -0.463 e. The van der Waals surface area contributed by atoms with Crippen molar-refractivity contribution in [1.29, 1.82) is 0 Å². The van der Waals surface area contributed by atoms with Crippen LogP contribution in [0.4, 0.5) is 0 Å². The van der Waals surface area contributed by atoms with Crippen LogP contribution < -0.4 is 0 Å². The third-order valence-corrected chi connectivity index (χ3v) is 16.7.